The molecule has 0 saturated heterocycles. The number of rotatable bonds is 4. The molecule has 0 bridgehead atoms. The van der Waals surface area contributed by atoms with Crippen LogP contribution in [0, 0.1) is 0 Å². The van der Waals surface area contributed by atoms with E-state index in [4.69, 9.17) is 4.74 Å². The Labute approximate surface area is 130 Å². The van der Waals surface area contributed by atoms with Crippen LogP contribution in [0.1, 0.15) is 15.9 Å². The molecule has 2 rings (SSSR count). The number of nitrogens with one attached hydrogen (secondary N) is 1. The van der Waals surface area contributed by atoms with Gasteiger partial charge < -0.3 is 9.84 Å². The highest BCUT2D eigenvalue weighted by atomic mass is 79.9. The lowest BCUT2D eigenvalue weighted by Crippen LogP contribution is -2.17. The molecule has 0 aliphatic heterocycles. The van der Waals surface area contributed by atoms with Gasteiger partial charge in [0, 0.05) is 21.7 Å². The second kappa shape index (κ2) is 6.90. The number of amides is 1. The minimum Gasteiger partial charge on any atom is -0.508 e. The molecule has 0 atom stereocenters. The van der Waals surface area contributed by atoms with Gasteiger partial charge in [-0.1, -0.05) is 22.0 Å². The first-order chi connectivity index (χ1) is 10.1. The van der Waals surface area contributed by atoms with Gasteiger partial charge in [0.2, 0.25) is 0 Å². The van der Waals surface area contributed by atoms with Crippen molar-refractivity contribution in [1.82, 2.24) is 5.43 Å². The van der Waals surface area contributed by atoms with Gasteiger partial charge in [-0.25, -0.2) is 5.43 Å². The minimum absolute atomic E-state index is 0.0992. The third kappa shape index (κ3) is 4.06. The molecular formula is C15H13BrN2O3. The number of methoxy groups -OCH3 is 1. The van der Waals surface area contributed by atoms with E-state index in [1.54, 1.807) is 24.3 Å². The van der Waals surface area contributed by atoms with Crippen molar-refractivity contribution in [1.29, 1.82) is 0 Å². The summed E-state index contributed by atoms with van der Waals surface area (Å²) < 4.78 is 5.93. The van der Waals surface area contributed by atoms with E-state index in [1.807, 2.05) is 6.07 Å². The van der Waals surface area contributed by atoms with Crippen molar-refractivity contribution in [3.63, 3.8) is 0 Å². The average molecular weight is 349 g/mol. The Morgan fingerprint density at radius 3 is 2.86 bits per heavy atom. The third-order valence-electron chi connectivity index (χ3n) is 2.67. The first kappa shape index (κ1) is 15.1. The maximum atomic E-state index is 11.9. The predicted molar refractivity (Wildman–Crippen MR) is 83.9 cm³/mol. The lowest BCUT2D eigenvalue weighted by molar-refractivity contribution is 0.0955. The number of ether oxygens (including phenoxy) is 1. The van der Waals surface area contributed by atoms with E-state index in [2.05, 4.69) is 26.5 Å². The molecule has 21 heavy (non-hydrogen) atoms. The number of hydrogen-bond donors (Lipinski definition) is 2. The number of nitrogens with zero attached hydrogens (tertiary/aromatic N) is 1. The zero-order chi connectivity index (χ0) is 15.2. The van der Waals surface area contributed by atoms with Gasteiger partial charge >= 0.3 is 0 Å². The van der Waals surface area contributed by atoms with Gasteiger partial charge in [-0.05, 0) is 30.3 Å². The number of hydrogen-bond acceptors (Lipinski definition) is 4. The highest BCUT2D eigenvalue weighted by molar-refractivity contribution is 9.10. The summed E-state index contributed by atoms with van der Waals surface area (Å²) >= 11 is 3.30. The SMILES string of the molecule is COc1cc(O)ccc1/C=N/NC(=O)c1cccc(Br)c1. The number of carbonyl (C=O) groups is 1. The molecule has 0 heterocycles. The molecule has 5 nitrogen and oxygen atoms in total. The van der Waals surface area contributed by atoms with Crippen LogP contribution in [0.15, 0.2) is 52.0 Å². The fourth-order valence-electron chi connectivity index (χ4n) is 1.66. The largest absolute Gasteiger partial charge is 0.508 e. The van der Waals surface area contributed by atoms with E-state index in [-0.39, 0.29) is 11.7 Å². The lowest BCUT2D eigenvalue weighted by atomic mass is 10.2. The number of aromatic hydroxyl groups is 1. The summed E-state index contributed by atoms with van der Waals surface area (Å²) in [7, 11) is 1.49. The van der Waals surface area contributed by atoms with Crippen LogP contribution in [0.25, 0.3) is 0 Å². The highest BCUT2D eigenvalue weighted by Crippen LogP contribution is 2.22. The van der Waals surface area contributed by atoms with Crippen LogP contribution < -0.4 is 10.2 Å². The Balaban J connectivity index is 2.07. The monoisotopic (exact) mass is 348 g/mol. The predicted octanol–water partition coefficient (Wildman–Crippen LogP) is 2.93. The fraction of sp³-hybridized carbons (Fsp3) is 0.0667. The van der Waals surface area contributed by atoms with Crippen LogP contribution in [0.3, 0.4) is 0 Å². The molecule has 108 valence electrons. The normalized spacial score (nSPS) is 10.6. The topological polar surface area (TPSA) is 70.9 Å². The van der Waals surface area contributed by atoms with E-state index < -0.39 is 0 Å². The van der Waals surface area contributed by atoms with E-state index in [0.29, 0.717) is 16.9 Å². The average Bonchev–Trinajstić information content (AvgIpc) is 2.48. The molecule has 0 unspecified atom stereocenters. The Hall–Kier alpha value is -2.34. The van der Waals surface area contributed by atoms with Crippen LogP contribution in [-0.4, -0.2) is 24.3 Å². The summed E-state index contributed by atoms with van der Waals surface area (Å²) in [6, 6.07) is 11.6. The fourth-order valence-corrected chi connectivity index (χ4v) is 2.06. The van der Waals surface area contributed by atoms with Gasteiger partial charge in [0.15, 0.2) is 0 Å². The van der Waals surface area contributed by atoms with Crippen molar-refractivity contribution in [2.45, 2.75) is 0 Å². The second-order valence-electron chi connectivity index (χ2n) is 4.14. The minimum atomic E-state index is -0.315. The summed E-state index contributed by atoms with van der Waals surface area (Å²) in [5, 5.41) is 13.2. The Kier molecular flexibility index (Phi) is 4.94. The summed E-state index contributed by atoms with van der Waals surface area (Å²) in [5.74, 6) is 0.253. The molecule has 0 aliphatic rings. The molecule has 0 radical (unpaired) electrons. The summed E-state index contributed by atoms with van der Waals surface area (Å²) in [5.41, 5.74) is 3.57. The number of hydrazone groups is 1. The number of carbonyl (C=O) groups excluding carboxylic acids is 1. The van der Waals surface area contributed by atoms with Gasteiger partial charge in [0.05, 0.1) is 13.3 Å². The van der Waals surface area contributed by atoms with Gasteiger partial charge in [0.25, 0.3) is 5.91 Å². The summed E-state index contributed by atoms with van der Waals surface area (Å²) in [4.78, 5) is 11.9. The van der Waals surface area contributed by atoms with Gasteiger partial charge in [0.1, 0.15) is 11.5 Å². The van der Waals surface area contributed by atoms with E-state index in [9.17, 15) is 9.90 Å². The zero-order valence-electron chi connectivity index (χ0n) is 11.2. The standard InChI is InChI=1S/C15H13BrN2O3/c1-21-14-8-13(19)6-5-11(14)9-17-18-15(20)10-3-2-4-12(16)7-10/h2-9,19H,1H3,(H,18,20)/b17-9+. The van der Waals surface area contributed by atoms with Crippen molar-refractivity contribution in [2.24, 2.45) is 5.10 Å². The Morgan fingerprint density at radius 2 is 2.14 bits per heavy atom. The molecule has 1 amide bonds. The summed E-state index contributed by atoms with van der Waals surface area (Å²) in [6.07, 6.45) is 1.45. The van der Waals surface area contributed by atoms with Crippen molar-refractivity contribution >= 4 is 28.1 Å². The lowest BCUT2D eigenvalue weighted by Gasteiger charge is -2.04. The van der Waals surface area contributed by atoms with Crippen LogP contribution in [0.4, 0.5) is 0 Å². The van der Waals surface area contributed by atoms with Crippen LogP contribution in [-0.2, 0) is 0 Å². The molecule has 0 spiro atoms. The smallest absolute Gasteiger partial charge is 0.271 e. The van der Waals surface area contributed by atoms with E-state index in [0.717, 1.165) is 4.47 Å². The van der Waals surface area contributed by atoms with Gasteiger partial charge in [-0.3, -0.25) is 4.79 Å². The maximum Gasteiger partial charge on any atom is 0.271 e. The van der Waals surface area contributed by atoms with Gasteiger partial charge in [-0.15, -0.1) is 0 Å². The van der Waals surface area contributed by atoms with Crippen molar-refractivity contribution in [2.75, 3.05) is 7.11 Å². The van der Waals surface area contributed by atoms with Crippen LogP contribution >= 0.6 is 15.9 Å². The zero-order valence-corrected chi connectivity index (χ0v) is 12.8. The number of phenolic OH excluding ortho intramolecular Hbond substituents is 1. The molecule has 2 N–H and O–H groups in total. The Morgan fingerprint density at radius 1 is 1.33 bits per heavy atom. The molecular weight excluding hydrogens is 336 g/mol. The van der Waals surface area contributed by atoms with E-state index >= 15 is 0 Å². The van der Waals surface area contributed by atoms with Crippen LogP contribution in [0.5, 0.6) is 11.5 Å². The Bertz CT molecular complexity index is 686. The van der Waals surface area contributed by atoms with Crippen molar-refractivity contribution < 1.29 is 14.6 Å². The number of benzene rings is 2. The maximum absolute atomic E-state index is 11.9. The molecule has 0 saturated carbocycles. The first-order valence-electron chi connectivity index (χ1n) is 6.06. The molecule has 2 aromatic carbocycles. The first-order valence-corrected chi connectivity index (χ1v) is 6.85. The molecule has 6 heteroatoms. The van der Waals surface area contributed by atoms with Crippen LogP contribution in [0.2, 0.25) is 0 Å². The molecule has 2 aromatic rings. The molecule has 0 fully saturated rings. The quantitative estimate of drug-likeness (QED) is 0.659. The summed E-state index contributed by atoms with van der Waals surface area (Å²) in [6.45, 7) is 0. The number of phenols is 1. The van der Waals surface area contributed by atoms with Crippen molar-refractivity contribution in [3.8, 4) is 11.5 Å². The van der Waals surface area contributed by atoms with Gasteiger partial charge in [-0.2, -0.15) is 5.10 Å². The second-order valence-corrected chi connectivity index (χ2v) is 5.05. The van der Waals surface area contributed by atoms with Crippen molar-refractivity contribution in [3.05, 3.63) is 58.1 Å². The molecule has 0 aliphatic carbocycles. The number of halogens is 1. The molecule has 0 aromatic heterocycles. The third-order valence-corrected chi connectivity index (χ3v) is 3.17. The highest BCUT2D eigenvalue weighted by Gasteiger charge is 2.05. The van der Waals surface area contributed by atoms with E-state index in [1.165, 1.54) is 25.5 Å².